The van der Waals surface area contributed by atoms with E-state index in [1.54, 1.807) is 43.3 Å². The number of rotatable bonds is 10. The molecule has 37 heavy (non-hydrogen) atoms. The van der Waals surface area contributed by atoms with Crippen LogP contribution in [0.15, 0.2) is 65.6 Å². The zero-order valence-corrected chi connectivity index (χ0v) is 22.1. The highest BCUT2D eigenvalue weighted by molar-refractivity contribution is 7.93. The average molecular weight is 526 g/mol. The number of halogens is 1. The van der Waals surface area contributed by atoms with Crippen LogP contribution < -0.4 is 9.62 Å². The summed E-state index contributed by atoms with van der Waals surface area (Å²) in [6.45, 7) is 5.50. The van der Waals surface area contributed by atoms with E-state index in [0.717, 1.165) is 11.8 Å². The molecule has 3 aromatic carbocycles. The lowest BCUT2D eigenvalue weighted by Gasteiger charge is -2.30. The number of sulfonamides is 1. The van der Waals surface area contributed by atoms with E-state index in [4.69, 9.17) is 0 Å². The molecule has 0 fully saturated rings. The third-order valence-corrected chi connectivity index (χ3v) is 8.76. The highest BCUT2D eigenvalue weighted by Crippen LogP contribution is 2.42. The maximum Gasteiger partial charge on any atom is 0.265 e. The Hall–Kier alpha value is -3.46. The molecule has 9 heteroatoms. The molecule has 4 rings (SSSR count). The maximum absolute atomic E-state index is 14.4. The fourth-order valence-corrected chi connectivity index (χ4v) is 6.32. The molecule has 0 spiro atoms. The molecule has 196 valence electrons. The van der Waals surface area contributed by atoms with Gasteiger partial charge in [0.15, 0.2) is 0 Å². The summed E-state index contributed by atoms with van der Waals surface area (Å²) in [5.41, 5.74) is 0.911. The Balaban J connectivity index is 1.50. The van der Waals surface area contributed by atoms with E-state index in [1.807, 2.05) is 32.0 Å². The minimum Gasteiger partial charge on any atom is -0.352 e. The number of hydrogen-bond acceptors (Lipinski definition) is 4. The van der Waals surface area contributed by atoms with Gasteiger partial charge in [0.25, 0.3) is 10.0 Å². The summed E-state index contributed by atoms with van der Waals surface area (Å²) in [5, 5.41) is 4.41. The van der Waals surface area contributed by atoms with Crippen molar-refractivity contribution in [3.63, 3.8) is 0 Å². The smallest absolute Gasteiger partial charge is 0.265 e. The molecule has 7 nitrogen and oxygen atoms in total. The zero-order valence-electron chi connectivity index (χ0n) is 21.3. The van der Waals surface area contributed by atoms with Gasteiger partial charge in [-0.15, -0.1) is 0 Å². The van der Waals surface area contributed by atoms with E-state index in [1.165, 1.54) is 15.3 Å². The highest BCUT2D eigenvalue weighted by Gasteiger charge is 2.35. The molecule has 0 unspecified atom stereocenters. The summed E-state index contributed by atoms with van der Waals surface area (Å²) in [4.78, 5) is 27.8. The molecule has 0 aliphatic carbocycles. The molecule has 1 aliphatic rings. The van der Waals surface area contributed by atoms with Crippen LogP contribution in [0.3, 0.4) is 0 Å². The number of carbonyl (C=O) groups is 2. The van der Waals surface area contributed by atoms with Crippen LogP contribution in [-0.4, -0.2) is 43.8 Å². The summed E-state index contributed by atoms with van der Waals surface area (Å²) < 4.78 is 42.2. The van der Waals surface area contributed by atoms with Gasteiger partial charge < -0.3 is 10.2 Å². The normalized spacial score (nSPS) is 15.4. The molecule has 1 N–H and O–H groups in total. The quantitative estimate of drug-likeness (QED) is 0.419. The van der Waals surface area contributed by atoms with Gasteiger partial charge >= 0.3 is 0 Å². The van der Waals surface area contributed by atoms with Gasteiger partial charge in [-0.25, -0.2) is 12.8 Å². The monoisotopic (exact) mass is 525 g/mol. The summed E-state index contributed by atoms with van der Waals surface area (Å²) in [6, 6.07) is 15.9. The van der Waals surface area contributed by atoms with E-state index in [9.17, 15) is 22.4 Å². The largest absolute Gasteiger partial charge is 0.352 e. The van der Waals surface area contributed by atoms with Crippen molar-refractivity contribution in [1.29, 1.82) is 0 Å². The lowest BCUT2D eigenvalue weighted by molar-refractivity contribution is -0.141. The maximum atomic E-state index is 14.4. The molecule has 0 saturated heterocycles. The Morgan fingerprint density at radius 1 is 1.03 bits per heavy atom. The summed E-state index contributed by atoms with van der Waals surface area (Å²) in [7, 11) is -3.72. The predicted octanol–water partition coefficient (Wildman–Crippen LogP) is 4.60. The lowest BCUT2D eigenvalue weighted by atomic mass is 10.1. The lowest BCUT2D eigenvalue weighted by Crippen LogP contribution is -2.49. The summed E-state index contributed by atoms with van der Waals surface area (Å²) >= 11 is 0. The minimum absolute atomic E-state index is 0.00768. The van der Waals surface area contributed by atoms with Gasteiger partial charge in [0.1, 0.15) is 11.9 Å². The molecule has 1 heterocycles. The van der Waals surface area contributed by atoms with Crippen molar-refractivity contribution in [1.82, 2.24) is 10.2 Å². The standard InChI is InChI=1S/C28H32FN3O4S/c1-4-19(2)30-28(34)20(3)31(18-22-10-5-6-13-23(22)29)26(33)16-9-17-32-24-14-7-11-21-12-8-15-25(27(21)24)37(32,35)36/h5-8,10-15,19-20H,4,9,16-18H2,1-3H3,(H,30,34)/t19-,20+/m0/s1. The van der Waals surface area contributed by atoms with Crippen molar-refractivity contribution in [2.75, 3.05) is 10.8 Å². The van der Waals surface area contributed by atoms with Crippen molar-refractivity contribution in [2.24, 2.45) is 0 Å². The summed E-state index contributed by atoms with van der Waals surface area (Å²) in [6.07, 6.45) is 0.989. The number of nitrogens with one attached hydrogen (secondary N) is 1. The molecule has 1 aliphatic heterocycles. The van der Waals surface area contributed by atoms with Crippen molar-refractivity contribution in [3.05, 3.63) is 72.0 Å². The van der Waals surface area contributed by atoms with Crippen molar-refractivity contribution in [3.8, 4) is 0 Å². The van der Waals surface area contributed by atoms with E-state index >= 15 is 0 Å². The Morgan fingerprint density at radius 2 is 1.73 bits per heavy atom. The number of nitrogens with zero attached hydrogens (tertiary/aromatic N) is 2. The Kier molecular flexibility index (Phi) is 7.82. The van der Waals surface area contributed by atoms with Crippen LogP contribution >= 0.6 is 0 Å². The molecule has 3 aromatic rings. The van der Waals surface area contributed by atoms with Crippen LogP contribution in [0.4, 0.5) is 10.1 Å². The second-order valence-corrected chi connectivity index (χ2v) is 11.2. The van der Waals surface area contributed by atoms with Gasteiger partial charge in [-0.1, -0.05) is 49.4 Å². The molecule has 0 aromatic heterocycles. The fraction of sp³-hybridized carbons (Fsp3) is 0.357. The Morgan fingerprint density at radius 3 is 2.43 bits per heavy atom. The fourth-order valence-electron chi connectivity index (χ4n) is 4.57. The van der Waals surface area contributed by atoms with Gasteiger partial charge in [0, 0.05) is 36.5 Å². The van der Waals surface area contributed by atoms with Crippen LogP contribution in [0.25, 0.3) is 10.8 Å². The first kappa shape index (κ1) is 26.6. The van der Waals surface area contributed by atoms with Gasteiger partial charge in [-0.2, -0.15) is 0 Å². The third kappa shape index (κ3) is 5.32. The van der Waals surface area contributed by atoms with Crippen LogP contribution in [-0.2, 0) is 26.2 Å². The number of benzene rings is 3. The van der Waals surface area contributed by atoms with Gasteiger partial charge in [-0.3, -0.25) is 13.9 Å². The first-order valence-electron chi connectivity index (χ1n) is 12.5. The van der Waals surface area contributed by atoms with E-state index < -0.39 is 21.9 Å². The Labute approximate surface area is 217 Å². The summed E-state index contributed by atoms with van der Waals surface area (Å²) in [5.74, 6) is -1.12. The van der Waals surface area contributed by atoms with Crippen molar-refractivity contribution < 1.29 is 22.4 Å². The number of hydrogen-bond donors (Lipinski definition) is 1. The van der Waals surface area contributed by atoms with E-state index in [-0.39, 0.29) is 48.7 Å². The third-order valence-electron chi connectivity index (χ3n) is 6.90. The molecule has 2 atom stereocenters. The first-order valence-corrected chi connectivity index (χ1v) is 14.0. The minimum atomic E-state index is -3.72. The van der Waals surface area contributed by atoms with E-state index in [2.05, 4.69) is 5.32 Å². The molecular formula is C28H32FN3O4S. The zero-order chi connectivity index (χ0) is 26.7. The molecular weight excluding hydrogens is 493 g/mol. The molecule has 2 amide bonds. The first-order chi connectivity index (χ1) is 17.6. The second-order valence-electron chi connectivity index (χ2n) is 9.42. The SMILES string of the molecule is CC[C@H](C)NC(=O)[C@@H](C)N(Cc1ccccc1F)C(=O)CCCN1c2cccc3cccc(c23)S1(=O)=O. The number of anilines is 1. The number of carbonyl (C=O) groups excluding carboxylic acids is 2. The van der Waals surface area contributed by atoms with Gasteiger partial charge in [0.05, 0.1) is 10.6 Å². The molecule has 0 bridgehead atoms. The van der Waals surface area contributed by atoms with Crippen molar-refractivity contribution >= 4 is 38.3 Å². The number of amides is 2. The Bertz CT molecular complexity index is 1420. The van der Waals surface area contributed by atoms with Crippen LogP contribution in [0.2, 0.25) is 0 Å². The van der Waals surface area contributed by atoms with Gasteiger partial charge in [0.2, 0.25) is 11.8 Å². The van der Waals surface area contributed by atoms with Crippen molar-refractivity contribution in [2.45, 2.75) is 63.6 Å². The highest BCUT2D eigenvalue weighted by atomic mass is 32.2. The van der Waals surface area contributed by atoms with Crippen LogP contribution in [0.1, 0.15) is 45.6 Å². The topological polar surface area (TPSA) is 86.8 Å². The molecule has 0 saturated carbocycles. The predicted molar refractivity (Wildman–Crippen MR) is 142 cm³/mol. The van der Waals surface area contributed by atoms with E-state index in [0.29, 0.717) is 16.6 Å². The van der Waals surface area contributed by atoms with Crippen LogP contribution in [0.5, 0.6) is 0 Å². The molecule has 0 radical (unpaired) electrons. The van der Waals surface area contributed by atoms with Crippen LogP contribution in [0, 0.1) is 5.82 Å². The van der Waals surface area contributed by atoms with Gasteiger partial charge in [-0.05, 0) is 50.3 Å². The second kappa shape index (κ2) is 10.9. The average Bonchev–Trinajstić information content (AvgIpc) is 3.10.